The molecular formula is C19H27N3O3. The molecule has 1 N–H and O–H groups in total. The fourth-order valence-corrected chi connectivity index (χ4v) is 3.73. The Kier molecular flexibility index (Phi) is 5.58. The molecule has 6 nitrogen and oxygen atoms in total. The second kappa shape index (κ2) is 7.87. The molecule has 0 spiro atoms. The monoisotopic (exact) mass is 345 g/mol. The van der Waals surface area contributed by atoms with E-state index in [-0.39, 0.29) is 24.1 Å². The van der Waals surface area contributed by atoms with Crippen molar-refractivity contribution >= 4 is 12.0 Å². The molecule has 1 fully saturated rings. The number of piperidine rings is 1. The van der Waals surface area contributed by atoms with Crippen LogP contribution >= 0.6 is 0 Å². The van der Waals surface area contributed by atoms with Gasteiger partial charge in [-0.1, -0.05) is 24.3 Å². The van der Waals surface area contributed by atoms with Gasteiger partial charge in [-0.15, -0.1) is 0 Å². The SMILES string of the molecule is COC(=O)N1CCC[C@@H](NC(=O)[C@H](C)N2CCc3ccccc3C2)C1. The fraction of sp³-hybridized carbons (Fsp3) is 0.579. The molecule has 0 bridgehead atoms. The van der Waals surface area contributed by atoms with E-state index in [0.29, 0.717) is 13.1 Å². The molecule has 3 rings (SSSR count). The van der Waals surface area contributed by atoms with E-state index in [4.69, 9.17) is 4.74 Å². The Labute approximate surface area is 149 Å². The van der Waals surface area contributed by atoms with E-state index in [0.717, 1.165) is 32.4 Å². The van der Waals surface area contributed by atoms with Crippen LogP contribution in [0.4, 0.5) is 4.79 Å². The van der Waals surface area contributed by atoms with Crippen molar-refractivity contribution in [1.29, 1.82) is 0 Å². The summed E-state index contributed by atoms with van der Waals surface area (Å²) in [6.07, 6.45) is 2.44. The van der Waals surface area contributed by atoms with Gasteiger partial charge in [-0.25, -0.2) is 4.79 Å². The second-order valence-electron chi connectivity index (χ2n) is 6.93. The number of amides is 2. The maximum Gasteiger partial charge on any atom is 0.409 e. The topological polar surface area (TPSA) is 61.9 Å². The predicted octanol–water partition coefficient (Wildman–Crippen LogP) is 1.78. The number of likely N-dealkylation sites (tertiary alicyclic amines) is 1. The third kappa shape index (κ3) is 4.12. The first-order valence-electron chi connectivity index (χ1n) is 9.02. The molecular weight excluding hydrogens is 318 g/mol. The first-order chi connectivity index (χ1) is 12.1. The molecule has 2 amide bonds. The molecule has 2 heterocycles. The Hall–Kier alpha value is -2.08. The zero-order valence-electron chi connectivity index (χ0n) is 15.0. The number of rotatable bonds is 3. The van der Waals surface area contributed by atoms with Crippen LogP contribution in [0.3, 0.4) is 0 Å². The van der Waals surface area contributed by atoms with E-state index >= 15 is 0 Å². The third-order valence-electron chi connectivity index (χ3n) is 5.29. The summed E-state index contributed by atoms with van der Waals surface area (Å²) in [5.41, 5.74) is 2.69. The van der Waals surface area contributed by atoms with Crippen LogP contribution in [0.25, 0.3) is 0 Å². The second-order valence-corrected chi connectivity index (χ2v) is 6.93. The minimum Gasteiger partial charge on any atom is -0.453 e. The molecule has 25 heavy (non-hydrogen) atoms. The lowest BCUT2D eigenvalue weighted by Gasteiger charge is -2.36. The normalized spacial score (nSPS) is 22.0. The van der Waals surface area contributed by atoms with Crippen LogP contribution in [-0.4, -0.2) is 60.6 Å². The van der Waals surface area contributed by atoms with Gasteiger partial charge in [0.05, 0.1) is 13.2 Å². The lowest BCUT2D eigenvalue weighted by Crippen LogP contribution is -2.54. The largest absolute Gasteiger partial charge is 0.453 e. The molecule has 0 unspecified atom stereocenters. The van der Waals surface area contributed by atoms with Crippen LogP contribution in [0.5, 0.6) is 0 Å². The molecule has 1 aromatic carbocycles. The van der Waals surface area contributed by atoms with Crippen LogP contribution in [-0.2, 0) is 22.5 Å². The molecule has 0 saturated carbocycles. The van der Waals surface area contributed by atoms with Gasteiger partial charge >= 0.3 is 6.09 Å². The van der Waals surface area contributed by atoms with Crippen LogP contribution in [0.2, 0.25) is 0 Å². The van der Waals surface area contributed by atoms with Crippen LogP contribution in [0.15, 0.2) is 24.3 Å². The maximum absolute atomic E-state index is 12.7. The highest BCUT2D eigenvalue weighted by atomic mass is 16.5. The molecule has 1 saturated heterocycles. The van der Waals surface area contributed by atoms with Crippen molar-refractivity contribution in [3.8, 4) is 0 Å². The molecule has 0 aliphatic carbocycles. The number of hydrogen-bond donors (Lipinski definition) is 1. The standard InChI is InChI=1S/C19H27N3O3/c1-14(21-11-9-15-6-3-4-7-16(15)12-21)18(23)20-17-8-5-10-22(13-17)19(24)25-2/h3-4,6-7,14,17H,5,8-13H2,1-2H3,(H,20,23)/t14-,17+/m0/s1. The van der Waals surface area contributed by atoms with Gasteiger partial charge in [0.25, 0.3) is 0 Å². The molecule has 0 radical (unpaired) electrons. The Bertz CT molecular complexity index is 634. The van der Waals surface area contributed by atoms with Crippen LogP contribution in [0.1, 0.15) is 30.9 Å². The highest BCUT2D eigenvalue weighted by Crippen LogP contribution is 2.20. The molecule has 136 valence electrons. The summed E-state index contributed by atoms with van der Waals surface area (Å²) in [7, 11) is 1.39. The van der Waals surface area contributed by atoms with Crippen LogP contribution < -0.4 is 5.32 Å². The molecule has 1 aromatic rings. The molecule has 6 heteroatoms. The van der Waals surface area contributed by atoms with Crippen LogP contribution in [0, 0.1) is 0 Å². The van der Waals surface area contributed by atoms with Crippen molar-refractivity contribution in [3.05, 3.63) is 35.4 Å². The fourth-order valence-electron chi connectivity index (χ4n) is 3.73. The molecule has 2 atom stereocenters. The molecule has 0 aromatic heterocycles. The maximum atomic E-state index is 12.7. The number of methoxy groups -OCH3 is 1. The zero-order valence-corrected chi connectivity index (χ0v) is 15.0. The van der Waals surface area contributed by atoms with Crippen molar-refractivity contribution in [2.24, 2.45) is 0 Å². The third-order valence-corrected chi connectivity index (χ3v) is 5.29. The van der Waals surface area contributed by atoms with Crippen molar-refractivity contribution in [2.45, 2.75) is 44.8 Å². The Balaban J connectivity index is 1.55. The summed E-state index contributed by atoms with van der Waals surface area (Å²) in [4.78, 5) is 28.2. The van der Waals surface area contributed by atoms with E-state index in [1.807, 2.05) is 6.92 Å². The smallest absolute Gasteiger partial charge is 0.409 e. The van der Waals surface area contributed by atoms with E-state index < -0.39 is 0 Å². The van der Waals surface area contributed by atoms with Crippen molar-refractivity contribution in [3.63, 3.8) is 0 Å². The summed E-state index contributed by atoms with van der Waals surface area (Å²) in [5.74, 6) is 0.0381. The predicted molar refractivity (Wildman–Crippen MR) is 95.2 cm³/mol. The first-order valence-corrected chi connectivity index (χ1v) is 9.02. The quantitative estimate of drug-likeness (QED) is 0.907. The molecule has 2 aliphatic rings. The summed E-state index contributed by atoms with van der Waals surface area (Å²) < 4.78 is 4.78. The Morgan fingerprint density at radius 3 is 2.76 bits per heavy atom. The van der Waals surface area contributed by atoms with E-state index in [2.05, 4.69) is 34.5 Å². The zero-order chi connectivity index (χ0) is 17.8. The van der Waals surface area contributed by atoms with Gasteiger partial charge in [-0.05, 0) is 37.3 Å². The van der Waals surface area contributed by atoms with Crippen molar-refractivity contribution in [2.75, 3.05) is 26.7 Å². The van der Waals surface area contributed by atoms with Gasteiger partial charge in [0.2, 0.25) is 5.91 Å². The van der Waals surface area contributed by atoms with E-state index in [1.165, 1.54) is 18.2 Å². The average molecular weight is 345 g/mol. The lowest BCUT2D eigenvalue weighted by molar-refractivity contribution is -0.127. The highest BCUT2D eigenvalue weighted by Gasteiger charge is 2.29. The molecule has 2 aliphatic heterocycles. The van der Waals surface area contributed by atoms with Crippen molar-refractivity contribution in [1.82, 2.24) is 15.1 Å². The Morgan fingerprint density at radius 2 is 2.00 bits per heavy atom. The number of nitrogens with zero attached hydrogens (tertiary/aromatic N) is 2. The number of benzene rings is 1. The van der Waals surface area contributed by atoms with Gasteiger partial charge in [0.15, 0.2) is 0 Å². The van der Waals surface area contributed by atoms with Gasteiger partial charge in [-0.2, -0.15) is 0 Å². The number of carbonyl (C=O) groups excluding carboxylic acids is 2. The summed E-state index contributed by atoms with van der Waals surface area (Å²) in [5, 5.41) is 3.12. The van der Waals surface area contributed by atoms with Gasteiger partial charge in [0.1, 0.15) is 0 Å². The minimum atomic E-state index is -0.320. The van der Waals surface area contributed by atoms with Gasteiger partial charge in [0, 0.05) is 32.2 Å². The van der Waals surface area contributed by atoms with E-state index in [9.17, 15) is 9.59 Å². The lowest BCUT2D eigenvalue weighted by atomic mass is 9.98. The number of carbonyl (C=O) groups is 2. The van der Waals surface area contributed by atoms with Crippen molar-refractivity contribution < 1.29 is 14.3 Å². The number of nitrogens with one attached hydrogen (secondary N) is 1. The van der Waals surface area contributed by atoms with Gasteiger partial charge < -0.3 is 15.0 Å². The number of hydrogen-bond acceptors (Lipinski definition) is 4. The number of ether oxygens (including phenoxy) is 1. The summed E-state index contributed by atoms with van der Waals surface area (Å²) in [6.45, 7) is 4.88. The summed E-state index contributed by atoms with van der Waals surface area (Å²) >= 11 is 0. The highest BCUT2D eigenvalue weighted by molar-refractivity contribution is 5.81. The van der Waals surface area contributed by atoms with Gasteiger partial charge in [-0.3, -0.25) is 9.69 Å². The minimum absolute atomic E-state index is 0.000114. The van der Waals surface area contributed by atoms with E-state index in [1.54, 1.807) is 4.90 Å². The number of fused-ring (bicyclic) bond motifs is 1. The summed E-state index contributed by atoms with van der Waals surface area (Å²) in [6, 6.07) is 8.25. The Morgan fingerprint density at radius 1 is 1.24 bits per heavy atom. The first kappa shape index (κ1) is 17.7. The average Bonchev–Trinajstić information content (AvgIpc) is 2.66.